The molecular weight excluding hydrogens is 478 g/mol. The minimum atomic E-state index is -5.13. The Morgan fingerprint density at radius 3 is 2.14 bits per heavy atom. The van der Waals surface area contributed by atoms with E-state index in [1.807, 2.05) is 19.1 Å². The lowest BCUT2D eigenvalue weighted by molar-refractivity contribution is -0.143. The standard InChI is InChI=1S/C23H20F6N4O2/c1-12-7-13(2)19(14(3)8-12)32-18(34)11-30-21(35)17-10-31-33(20(17)23(27,28)29)16-6-4-5-15(9-16)22(24,25)26/h4-10H,11H2,1-3H3,(H,30,35)(H,32,34). The monoisotopic (exact) mass is 498 g/mol. The maximum absolute atomic E-state index is 13.8. The molecule has 0 aliphatic rings. The Balaban J connectivity index is 1.83. The normalized spacial score (nSPS) is 11.9. The van der Waals surface area contributed by atoms with E-state index in [1.54, 1.807) is 13.8 Å². The van der Waals surface area contributed by atoms with Crippen LogP contribution in [0, 0.1) is 20.8 Å². The van der Waals surface area contributed by atoms with Gasteiger partial charge in [-0.3, -0.25) is 9.59 Å². The SMILES string of the molecule is Cc1cc(C)c(NC(=O)CNC(=O)c2cnn(-c3cccc(C(F)(F)F)c3)c2C(F)(F)F)c(C)c1. The van der Waals surface area contributed by atoms with Crippen LogP contribution in [0.25, 0.3) is 5.69 Å². The minimum Gasteiger partial charge on any atom is -0.343 e. The molecule has 186 valence electrons. The molecule has 0 spiro atoms. The summed E-state index contributed by atoms with van der Waals surface area (Å²) in [7, 11) is 0. The number of aromatic nitrogens is 2. The molecule has 0 saturated heterocycles. The first-order valence-electron chi connectivity index (χ1n) is 10.2. The van der Waals surface area contributed by atoms with Crippen LogP contribution >= 0.6 is 0 Å². The summed E-state index contributed by atoms with van der Waals surface area (Å²) >= 11 is 0. The molecule has 0 fully saturated rings. The molecule has 0 bridgehead atoms. The molecule has 0 unspecified atom stereocenters. The van der Waals surface area contributed by atoms with Gasteiger partial charge < -0.3 is 10.6 Å². The number of rotatable bonds is 5. The second-order valence-corrected chi connectivity index (χ2v) is 7.87. The minimum absolute atomic E-state index is 0.212. The van der Waals surface area contributed by atoms with Gasteiger partial charge in [0.25, 0.3) is 5.91 Å². The third-order valence-electron chi connectivity index (χ3n) is 5.05. The zero-order valence-corrected chi connectivity index (χ0v) is 18.7. The summed E-state index contributed by atoms with van der Waals surface area (Å²) in [4.78, 5) is 24.8. The number of nitrogens with zero attached hydrogens (tertiary/aromatic N) is 2. The van der Waals surface area contributed by atoms with Crippen LogP contribution in [0.5, 0.6) is 0 Å². The van der Waals surface area contributed by atoms with E-state index in [0.29, 0.717) is 24.0 Å². The van der Waals surface area contributed by atoms with Gasteiger partial charge in [0.1, 0.15) is 0 Å². The van der Waals surface area contributed by atoms with Gasteiger partial charge in [-0.05, 0) is 50.1 Å². The van der Waals surface area contributed by atoms with Crippen LogP contribution in [-0.2, 0) is 17.1 Å². The second-order valence-electron chi connectivity index (χ2n) is 7.87. The molecule has 2 N–H and O–H groups in total. The van der Waals surface area contributed by atoms with Gasteiger partial charge >= 0.3 is 12.4 Å². The number of carbonyl (C=O) groups excluding carboxylic acids is 2. The first kappa shape index (κ1) is 25.8. The molecule has 1 aromatic heterocycles. The summed E-state index contributed by atoms with van der Waals surface area (Å²) in [6, 6.07) is 6.78. The molecule has 1 heterocycles. The summed E-state index contributed by atoms with van der Waals surface area (Å²) in [5, 5.41) is 8.19. The fraction of sp³-hybridized carbons (Fsp3) is 0.261. The molecular formula is C23H20F6N4O2. The molecule has 0 saturated carbocycles. The predicted octanol–water partition coefficient (Wildman–Crippen LogP) is 5.20. The quantitative estimate of drug-likeness (QED) is 0.475. The number of amides is 2. The van der Waals surface area contributed by atoms with Gasteiger partial charge in [0.15, 0.2) is 5.69 Å². The Hall–Kier alpha value is -3.83. The van der Waals surface area contributed by atoms with E-state index in [9.17, 15) is 35.9 Å². The van der Waals surface area contributed by atoms with Crippen molar-refractivity contribution >= 4 is 17.5 Å². The van der Waals surface area contributed by atoms with Crippen LogP contribution in [0.15, 0.2) is 42.6 Å². The lowest BCUT2D eigenvalue weighted by Crippen LogP contribution is -2.34. The maximum Gasteiger partial charge on any atom is 0.434 e. The molecule has 3 rings (SSSR count). The maximum atomic E-state index is 13.8. The van der Waals surface area contributed by atoms with E-state index in [4.69, 9.17) is 0 Å². The van der Waals surface area contributed by atoms with Crippen molar-refractivity contribution in [3.63, 3.8) is 0 Å². The van der Waals surface area contributed by atoms with Crippen LogP contribution < -0.4 is 10.6 Å². The number of benzene rings is 2. The molecule has 6 nitrogen and oxygen atoms in total. The molecule has 12 heteroatoms. The predicted molar refractivity (Wildman–Crippen MR) is 115 cm³/mol. The van der Waals surface area contributed by atoms with E-state index in [2.05, 4.69) is 15.7 Å². The summed E-state index contributed by atoms with van der Waals surface area (Å²) in [6.45, 7) is 4.78. The van der Waals surface area contributed by atoms with Crippen molar-refractivity contribution < 1.29 is 35.9 Å². The molecule has 3 aromatic rings. The number of anilines is 1. The average Bonchev–Trinajstić information content (AvgIpc) is 3.20. The van der Waals surface area contributed by atoms with Crippen molar-refractivity contribution in [3.05, 3.63) is 76.1 Å². The highest BCUT2D eigenvalue weighted by Crippen LogP contribution is 2.35. The Labute approximate surface area is 195 Å². The Kier molecular flexibility index (Phi) is 6.95. The fourth-order valence-electron chi connectivity index (χ4n) is 3.61. The summed E-state index contributed by atoms with van der Waals surface area (Å²) < 4.78 is 80.6. The molecule has 0 radical (unpaired) electrons. The number of halogens is 6. The van der Waals surface area contributed by atoms with E-state index >= 15 is 0 Å². The molecule has 0 atom stereocenters. The van der Waals surface area contributed by atoms with Crippen molar-refractivity contribution in [1.29, 1.82) is 0 Å². The summed E-state index contributed by atoms with van der Waals surface area (Å²) in [5.41, 5.74) is -1.19. The average molecular weight is 498 g/mol. The van der Waals surface area contributed by atoms with E-state index in [1.165, 1.54) is 0 Å². The zero-order valence-electron chi connectivity index (χ0n) is 18.7. The van der Waals surface area contributed by atoms with Crippen molar-refractivity contribution in [3.8, 4) is 5.69 Å². The first-order chi connectivity index (χ1) is 16.2. The van der Waals surface area contributed by atoms with Gasteiger partial charge in [0.2, 0.25) is 5.91 Å². The molecule has 35 heavy (non-hydrogen) atoms. The number of hydrogen-bond acceptors (Lipinski definition) is 3. The Morgan fingerprint density at radius 1 is 0.943 bits per heavy atom. The third kappa shape index (κ3) is 5.81. The van der Waals surface area contributed by atoms with Gasteiger partial charge in [0, 0.05) is 5.69 Å². The molecule has 2 amide bonds. The third-order valence-corrected chi connectivity index (χ3v) is 5.05. The van der Waals surface area contributed by atoms with E-state index in [0.717, 1.165) is 28.8 Å². The first-order valence-corrected chi connectivity index (χ1v) is 10.2. The largest absolute Gasteiger partial charge is 0.434 e. The fourth-order valence-corrected chi connectivity index (χ4v) is 3.61. The molecule has 2 aromatic carbocycles. The van der Waals surface area contributed by atoms with Crippen LogP contribution in [0.3, 0.4) is 0 Å². The van der Waals surface area contributed by atoms with E-state index < -0.39 is 53.2 Å². The summed E-state index contributed by atoms with van der Waals surface area (Å²) in [5.74, 6) is -1.93. The molecule has 0 aliphatic heterocycles. The van der Waals surface area contributed by atoms with Crippen molar-refractivity contribution in [2.45, 2.75) is 33.1 Å². The van der Waals surface area contributed by atoms with Gasteiger partial charge in [-0.15, -0.1) is 0 Å². The van der Waals surface area contributed by atoms with Crippen LogP contribution in [0.4, 0.5) is 32.0 Å². The lowest BCUT2D eigenvalue weighted by atomic mass is 10.1. The highest BCUT2D eigenvalue weighted by atomic mass is 19.4. The summed E-state index contributed by atoms with van der Waals surface area (Å²) in [6.07, 6.45) is -9.33. The zero-order chi connectivity index (χ0) is 26.1. The van der Waals surface area contributed by atoms with Crippen molar-refractivity contribution in [2.24, 2.45) is 0 Å². The number of nitrogens with one attached hydrogen (secondary N) is 2. The van der Waals surface area contributed by atoms with Crippen LogP contribution in [0.2, 0.25) is 0 Å². The molecule has 0 aliphatic carbocycles. The Morgan fingerprint density at radius 2 is 1.57 bits per heavy atom. The van der Waals surface area contributed by atoms with Crippen LogP contribution in [0.1, 0.15) is 38.3 Å². The van der Waals surface area contributed by atoms with E-state index in [-0.39, 0.29) is 4.68 Å². The number of aryl methyl sites for hydroxylation is 3. The van der Waals surface area contributed by atoms with Gasteiger partial charge in [-0.1, -0.05) is 23.8 Å². The number of carbonyl (C=O) groups is 2. The van der Waals surface area contributed by atoms with Gasteiger partial charge in [0.05, 0.1) is 29.6 Å². The smallest absolute Gasteiger partial charge is 0.343 e. The highest BCUT2D eigenvalue weighted by Gasteiger charge is 2.41. The van der Waals surface area contributed by atoms with Gasteiger partial charge in [-0.2, -0.15) is 31.4 Å². The topological polar surface area (TPSA) is 76.0 Å². The van der Waals surface area contributed by atoms with Gasteiger partial charge in [-0.25, -0.2) is 4.68 Å². The second kappa shape index (κ2) is 9.43. The lowest BCUT2D eigenvalue weighted by Gasteiger charge is -2.15. The van der Waals surface area contributed by atoms with Crippen molar-refractivity contribution in [2.75, 3.05) is 11.9 Å². The number of alkyl halides is 6. The number of hydrogen-bond donors (Lipinski definition) is 2. The Bertz CT molecular complexity index is 1250. The van der Waals surface area contributed by atoms with Crippen LogP contribution in [-0.4, -0.2) is 28.1 Å². The highest BCUT2D eigenvalue weighted by molar-refractivity contribution is 6.00. The van der Waals surface area contributed by atoms with Crippen molar-refractivity contribution in [1.82, 2.24) is 15.1 Å².